The molecule has 0 aliphatic rings. The van der Waals surface area contributed by atoms with Gasteiger partial charge in [-0.05, 0) is 47.7 Å². The van der Waals surface area contributed by atoms with Crippen LogP contribution in [0.1, 0.15) is 17.4 Å². The largest absolute Gasteiger partial charge is 0.482 e. The Kier molecular flexibility index (Phi) is 7.81. The predicted molar refractivity (Wildman–Crippen MR) is 117 cm³/mol. The molecule has 0 amide bonds. The van der Waals surface area contributed by atoms with Gasteiger partial charge in [0.15, 0.2) is 0 Å². The van der Waals surface area contributed by atoms with Gasteiger partial charge in [-0.3, -0.25) is 0 Å². The van der Waals surface area contributed by atoms with Gasteiger partial charge in [0.2, 0.25) is 0 Å². The molecular weight excluding hydrogens is 485 g/mol. The van der Waals surface area contributed by atoms with Crippen LogP contribution in [0.2, 0.25) is 30.7 Å². The van der Waals surface area contributed by atoms with Crippen LogP contribution in [0.4, 0.5) is 0 Å². The van der Waals surface area contributed by atoms with Crippen molar-refractivity contribution < 1.29 is 19.0 Å². The van der Waals surface area contributed by atoms with Crippen molar-refractivity contribution in [2.75, 3.05) is 17.8 Å². The minimum atomic E-state index is -1.17. The molecule has 0 spiro atoms. The Morgan fingerprint density at radius 3 is 2.62 bits per heavy atom. The maximum Gasteiger partial charge on any atom is 0.355 e. The standard InChI is InChI=1S/C18H25ClINO4Si/c1-5-24-18(22)16-9-13-8-14(19)17(25-11-20)10-15(13)21(16)12-23-6-7-26(2,3)4/h8-10H,5-7,11-12H2,1-4H3. The van der Waals surface area contributed by atoms with Gasteiger partial charge in [0.05, 0.1) is 17.1 Å². The van der Waals surface area contributed by atoms with E-state index in [9.17, 15) is 4.79 Å². The zero-order valence-electron chi connectivity index (χ0n) is 15.6. The minimum absolute atomic E-state index is 0.285. The SMILES string of the molecule is CCOC(=O)c1cc2cc(Cl)c(OCI)cc2n1COCC[Si](C)(C)C. The van der Waals surface area contributed by atoms with E-state index in [0.29, 0.717) is 34.3 Å². The molecule has 26 heavy (non-hydrogen) atoms. The molecule has 0 unspecified atom stereocenters. The summed E-state index contributed by atoms with van der Waals surface area (Å²) in [5.41, 5.74) is 1.29. The molecule has 5 nitrogen and oxygen atoms in total. The first-order valence-corrected chi connectivity index (χ1v) is 14.1. The van der Waals surface area contributed by atoms with E-state index in [-0.39, 0.29) is 12.7 Å². The Morgan fingerprint density at radius 1 is 1.27 bits per heavy atom. The zero-order chi connectivity index (χ0) is 19.3. The second-order valence-electron chi connectivity index (χ2n) is 7.12. The summed E-state index contributed by atoms with van der Waals surface area (Å²) in [5.74, 6) is 0.218. The maximum absolute atomic E-state index is 12.4. The number of hydrogen-bond donors (Lipinski definition) is 0. The van der Waals surface area contributed by atoms with Crippen molar-refractivity contribution in [3.63, 3.8) is 0 Å². The lowest BCUT2D eigenvalue weighted by Crippen LogP contribution is -2.22. The first kappa shape index (κ1) is 21.5. The highest BCUT2D eigenvalue weighted by Gasteiger charge is 2.19. The van der Waals surface area contributed by atoms with E-state index >= 15 is 0 Å². The summed E-state index contributed by atoms with van der Waals surface area (Å²) in [4.78, 5) is 12.4. The number of alkyl halides is 1. The molecule has 0 bridgehead atoms. The number of benzene rings is 1. The van der Waals surface area contributed by atoms with Gasteiger partial charge < -0.3 is 18.8 Å². The van der Waals surface area contributed by atoms with Crippen LogP contribution >= 0.6 is 34.2 Å². The van der Waals surface area contributed by atoms with Crippen LogP contribution in [-0.4, -0.2) is 36.4 Å². The molecule has 8 heteroatoms. The highest BCUT2D eigenvalue weighted by atomic mass is 127. The number of esters is 1. The van der Waals surface area contributed by atoms with E-state index in [1.165, 1.54) is 0 Å². The van der Waals surface area contributed by atoms with Crippen LogP contribution in [0.3, 0.4) is 0 Å². The Balaban J connectivity index is 2.36. The average molecular weight is 510 g/mol. The molecule has 2 aromatic rings. The third-order valence-corrected chi connectivity index (χ3v) is 6.18. The van der Waals surface area contributed by atoms with Crippen molar-refractivity contribution in [3.8, 4) is 5.75 Å². The van der Waals surface area contributed by atoms with Crippen molar-refractivity contribution in [2.24, 2.45) is 0 Å². The van der Waals surface area contributed by atoms with E-state index in [2.05, 4.69) is 42.2 Å². The fourth-order valence-corrected chi connectivity index (χ4v) is 3.80. The molecule has 0 N–H and O–H groups in total. The van der Waals surface area contributed by atoms with Crippen LogP contribution in [0.5, 0.6) is 5.75 Å². The summed E-state index contributed by atoms with van der Waals surface area (Å²) in [6, 6.07) is 6.51. The molecule has 0 aliphatic carbocycles. The first-order chi connectivity index (χ1) is 12.3. The third kappa shape index (κ3) is 5.61. The van der Waals surface area contributed by atoms with E-state index < -0.39 is 8.07 Å². The van der Waals surface area contributed by atoms with Crippen LogP contribution in [-0.2, 0) is 16.2 Å². The number of aromatic nitrogens is 1. The van der Waals surface area contributed by atoms with Crippen molar-refractivity contribution >= 4 is 59.1 Å². The van der Waals surface area contributed by atoms with Crippen molar-refractivity contribution in [1.29, 1.82) is 0 Å². The molecule has 0 radical (unpaired) electrons. The molecule has 1 aromatic carbocycles. The minimum Gasteiger partial charge on any atom is -0.482 e. The third-order valence-electron chi connectivity index (χ3n) is 3.87. The molecule has 1 aromatic heterocycles. The number of fused-ring (bicyclic) bond motifs is 1. The van der Waals surface area contributed by atoms with Gasteiger partial charge in [-0.1, -0.05) is 31.2 Å². The number of rotatable bonds is 9. The highest BCUT2D eigenvalue weighted by molar-refractivity contribution is 14.1. The lowest BCUT2D eigenvalue weighted by molar-refractivity contribution is 0.0478. The Bertz CT molecular complexity index is 773. The monoisotopic (exact) mass is 509 g/mol. The van der Waals surface area contributed by atoms with Gasteiger partial charge in [0, 0.05) is 26.1 Å². The van der Waals surface area contributed by atoms with Crippen molar-refractivity contribution in [2.45, 2.75) is 39.3 Å². The lowest BCUT2D eigenvalue weighted by Gasteiger charge is -2.17. The molecule has 0 fully saturated rings. The Labute approximate surface area is 174 Å². The fraction of sp³-hybridized carbons (Fsp3) is 0.500. The molecule has 2 rings (SSSR count). The molecule has 0 saturated carbocycles. The fourth-order valence-electron chi connectivity index (χ4n) is 2.48. The maximum atomic E-state index is 12.4. The Hall–Kier alpha value is -0.773. The number of carbonyl (C=O) groups is 1. The van der Waals surface area contributed by atoms with Crippen molar-refractivity contribution in [1.82, 2.24) is 4.57 Å². The molecule has 0 saturated heterocycles. The lowest BCUT2D eigenvalue weighted by atomic mass is 10.2. The zero-order valence-corrected chi connectivity index (χ0v) is 19.5. The summed E-state index contributed by atoms with van der Waals surface area (Å²) in [7, 11) is -1.17. The molecule has 0 aliphatic heterocycles. The number of ether oxygens (including phenoxy) is 3. The smallest absolute Gasteiger partial charge is 0.355 e. The summed E-state index contributed by atoms with van der Waals surface area (Å²) in [5, 5.41) is 1.37. The molecule has 0 atom stereocenters. The summed E-state index contributed by atoms with van der Waals surface area (Å²) < 4.78 is 19.0. The van der Waals surface area contributed by atoms with Gasteiger partial charge in [0.25, 0.3) is 0 Å². The topological polar surface area (TPSA) is 49.7 Å². The molecular formula is C18H25ClINO4Si. The van der Waals surface area contributed by atoms with E-state index in [0.717, 1.165) is 16.9 Å². The highest BCUT2D eigenvalue weighted by Crippen LogP contribution is 2.32. The molecule has 1 heterocycles. The number of hydrogen-bond acceptors (Lipinski definition) is 4. The van der Waals surface area contributed by atoms with Crippen LogP contribution in [0.15, 0.2) is 18.2 Å². The number of halogens is 2. The number of carbonyl (C=O) groups excluding carboxylic acids is 1. The quantitative estimate of drug-likeness (QED) is 0.146. The first-order valence-electron chi connectivity index (χ1n) is 8.53. The predicted octanol–water partition coefficient (Wildman–Crippen LogP) is 5.56. The van der Waals surface area contributed by atoms with Gasteiger partial charge in [-0.2, -0.15) is 0 Å². The second kappa shape index (κ2) is 9.43. The van der Waals surface area contributed by atoms with Crippen LogP contribution < -0.4 is 4.74 Å². The second-order valence-corrected chi connectivity index (χ2v) is 13.8. The summed E-state index contributed by atoms with van der Waals surface area (Å²) in [6.45, 7) is 9.98. The summed E-state index contributed by atoms with van der Waals surface area (Å²) in [6.07, 6.45) is 0. The van der Waals surface area contributed by atoms with Crippen LogP contribution in [0.25, 0.3) is 10.9 Å². The normalized spacial score (nSPS) is 11.8. The van der Waals surface area contributed by atoms with E-state index in [1.807, 2.05) is 10.6 Å². The van der Waals surface area contributed by atoms with Gasteiger partial charge in [-0.25, -0.2) is 4.79 Å². The van der Waals surface area contributed by atoms with E-state index in [1.54, 1.807) is 19.1 Å². The Morgan fingerprint density at radius 2 is 2.00 bits per heavy atom. The average Bonchev–Trinajstić information content (AvgIpc) is 2.89. The van der Waals surface area contributed by atoms with Crippen LogP contribution in [0, 0.1) is 0 Å². The van der Waals surface area contributed by atoms with Gasteiger partial charge >= 0.3 is 5.97 Å². The van der Waals surface area contributed by atoms with Gasteiger partial charge in [0.1, 0.15) is 22.8 Å². The van der Waals surface area contributed by atoms with Crippen molar-refractivity contribution in [3.05, 3.63) is 28.9 Å². The molecule has 144 valence electrons. The van der Waals surface area contributed by atoms with Gasteiger partial charge in [-0.15, -0.1) is 0 Å². The summed E-state index contributed by atoms with van der Waals surface area (Å²) >= 11 is 8.40. The number of nitrogens with zero attached hydrogens (tertiary/aromatic N) is 1. The van der Waals surface area contributed by atoms with E-state index in [4.69, 9.17) is 25.8 Å².